The standard InChI is InChI=1S/C25H39NO7/c1-6-7-8-9-10-15-31-23-12-11-22(16-24(23)30-5)13-14-25(26-19(2)27,17-32-20(3)28)18-33-21(4)29/h11-12,16H,6-10,13-15,17-18H2,1-5H3,(H,26,27). The fraction of sp³-hybridized carbons (Fsp3) is 0.640. The van der Waals surface area contributed by atoms with Crippen LogP contribution in [0.3, 0.4) is 0 Å². The predicted octanol–water partition coefficient (Wildman–Crippen LogP) is 3.98. The Balaban J connectivity index is 2.87. The second kappa shape index (κ2) is 15.1. The Bertz CT molecular complexity index is 745. The molecule has 186 valence electrons. The third-order valence-electron chi connectivity index (χ3n) is 5.17. The van der Waals surface area contributed by atoms with E-state index < -0.39 is 17.5 Å². The van der Waals surface area contributed by atoms with Crippen LogP contribution in [0, 0.1) is 0 Å². The highest BCUT2D eigenvalue weighted by atomic mass is 16.5. The smallest absolute Gasteiger partial charge is 0.302 e. The Morgan fingerprint density at radius 2 is 1.55 bits per heavy atom. The van der Waals surface area contributed by atoms with Crippen LogP contribution >= 0.6 is 0 Å². The molecule has 0 unspecified atom stereocenters. The van der Waals surface area contributed by atoms with Gasteiger partial charge in [0.05, 0.1) is 13.7 Å². The van der Waals surface area contributed by atoms with Crippen LogP contribution in [0.15, 0.2) is 18.2 Å². The van der Waals surface area contributed by atoms with Gasteiger partial charge in [0.2, 0.25) is 5.91 Å². The number of benzene rings is 1. The zero-order valence-corrected chi connectivity index (χ0v) is 20.7. The summed E-state index contributed by atoms with van der Waals surface area (Å²) < 4.78 is 21.8. The summed E-state index contributed by atoms with van der Waals surface area (Å²) in [6, 6.07) is 5.70. The molecule has 8 nitrogen and oxygen atoms in total. The molecule has 0 fully saturated rings. The molecule has 0 radical (unpaired) electrons. The van der Waals surface area contributed by atoms with E-state index in [-0.39, 0.29) is 19.1 Å². The fourth-order valence-electron chi connectivity index (χ4n) is 3.43. The molecule has 0 aromatic heterocycles. The molecule has 0 saturated carbocycles. The number of esters is 2. The first-order valence-electron chi connectivity index (χ1n) is 11.6. The summed E-state index contributed by atoms with van der Waals surface area (Å²) in [5, 5.41) is 2.81. The molecule has 1 aromatic carbocycles. The maximum absolute atomic E-state index is 11.9. The third kappa shape index (κ3) is 11.6. The zero-order chi connectivity index (χ0) is 24.7. The van der Waals surface area contributed by atoms with E-state index in [0.717, 1.165) is 18.4 Å². The first-order chi connectivity index (χ1) is 15.7. The Kier molecular flexibility index (Phi) is 13.0. The number of hydrogen-bond donors (Lipinski definition) is 1. The Morgan fingerprint density at radius 1 is 0.909 bits per heavy atom. The number of carbonyl (C=O) groups excluding carboxylic acids is 3. The van der Waals surface area contributed by atoms with E-state index in [1.807, 2.05) is 18.2 Å². The quantitative estimate of drug-likeness (QED) is 0.291. The summed E-state index contributed by atoms with van der Waals surface area (Å²) >= 11 is 0. The summed E-state index contributed by atoms with van der Waals surface area (Å²) in [6.45, 7) is 6.56. The highest BCUT2D eigenvalue weighted by molar-refractivity contribution is 5.74. The van der Waals surface area contributed by atoms with Crippen molar-refractivity contribution in [1.82, 2.24) is 5.32 Å². The van der Waals surface area contributed by atoms with Crippen LogP contribution in [0.5, 0.6) is 11.5 Å². The van der Waals surface area contributed by atoms with E-state index in [2.05, 4.69) is 12.2 Å². The number of rotatable bonds is 16. The van der Waals surface area contributed by atoms with Crippen LogP contribution in [-0.4, -0.2) is 50.3 Å². The topological polar surface area (TPSA) is 100 Å². The van der Waals surface area contributed by atoms with Crippen LogP contribution in [0.4, 0.5) is 0 Å². The summed E-state index contributed by atoms with van der Waals surface area (Å²) in [4.78, 5) is 34.7. The van der Waals surface area contributed by atoms with E-state index in [1.54, 1.807) is 7.11 Å². The molecule has 33 heavy (non-hydrogen) atoms. The minimum atomic E-state index is -1.04. The molecule has 1 aromatic rings. The van der Waals surface area contributed by atoms with Crippen molar-refractivity contribution in [3.8, 4) is 11.5 Å². The molecule has 8 heteroatoms. The molecule has 0 aliphatic heterocycles. The second-order valence-electron chi connectivity index (χ2n) is 8.27. The first kappa shape index (κ1) is 28.3. The van der Waals surface area contributed by atoms with Gasteiger partial charge in [0.15, 0.2) is 11.5 Å². The molecule has 0 spiro atoms. The van der Waals surface area contributed by atoms with Crippen molar-refractivity contribution in [3.63, 3.8) is 0 Å². The van der Waals surface area contributed by atoms with Crippen molar-refractivity contribution >= 4 is 17.8 Å². The van der Waals surface area contributed by atoms with Gasteiger partial charge in [-0.05, 0) is 37.0 Å². The monoisotopic (exact) mass is 465 g/mol. The summed E-state index contributed by atoms with van der Waals surface area (Å²) in [7, 11) is 1.59. The molecule has 0 bridgehead atoms. The van der Waals surface area contributed by atoms with Gasteiger partial charge in [-0.25, -0.2) is 0 Å². The summed E-state index contributed by atoms with van der Waals surface area (Å²) in [6.07, 6.45) is 6.71. The normalized spacial score (nSPS) is 10.9. The molecule has 0 atom stereocenters. The van der Waals surface area contributed by atoms with Crippen molar-refractivity contribution in [2.24, 2.45) is 0 Å². The number of hydrogen-bond acceptors (Lipinski definition) is 7. The van der Waals surface area contributed by atoms with Gasteiger partial charge in [-0.15, -0.1) is 0 Å². The number of ether oxygens (including phenoxy) is 4. The van der Waals surface area contributed by atoms with E-state index >= 15 is 0 Å². The number of methoxy groups -OCH3 is 1. The van der Waals surface area contributed by atoms with Crippen molar-refractivity contribution in [2.75, 3.05) is 26.9 Å². The lowest BCUT2D eigenvalue weighted by atomic mass is 9.92. The molecular formula is C25H39NO7. The molecule has 0 aliphatic rings. The Hall–Kier alpha value is -2.77. The largest absolute Gasteiger partial charge is 0.493 e. The van der Waals surface area contributed by atoms with Crippen molar-refractivity contribution < 1.29 is 33.3 Å². The molecule has 0 aliphatic carbocycles. The highest BCUT2D eigenvalue weighted by Gasteiger charge is 2.34. The molecular weight excluding hydrogens is 426 g/mol. The summed E-state index contributed by atoms with van der Waals surface area (Å²) in [5.41, 5.74) is -0.0908. The van der Waals surface area contributed by atoms with Crippen LogP contribution in [0.25, 0.3) is 0 Å². The van der Waals surface area contributed by atoms with Crippen LogP contribution in [-0.2, 0) is 30.3 Å². The van der Waals surface area contributed by atoms with Crippen LogP contribution < -0.4 is 14.8 Å². The summed E-state index contributed by atoms with van der Waals surface area (Å²) in [5.74, 6) is 0.0428. The molecule has 1 amide bonds. The third-order valence-corrected chi connectivity index (χ3v) is 5.17. The fourth-order valence-corrected chi connectivity index (χ4v) is 3.43. The number of nitrogens with one attached hydrogen (secondary N) is 1. The number of carbonyl (C=O) groups is 3. The maximum Gasteiger partial charge on any atom is 0.302 e. The van der Waals surface area contributed by atoms with E-state index in [4.69, 9.17) is 18.9 Å². The minimum absolute atomic E-state index is 0.106. The minimum Gasteiger partial charge on any atom is -0.493 e. The van der Waals surface area contributed by atoms with E-state index in [9.17, 15) is 14.4 Å². The van der Waals surface area contributed by atoms with Gasteiger partial charge in [-0.1, -0.05) is 38.7 Å². The van der Waals surface area contributed by atoms with Gasteiger partial charge >= 0.3 is 11.9 Å². The lowest BCUT2D eigenvalue weighted by Gasteiger charge is -2.33. The first-order valence-corrected chi connectivity index (χ1v) is 11.6. The number of aryl methyl sites for hydroxylation is 1. The lowest BCUT2D eigenvalue weighted by Crippen LogP contribution is -2.55. The average molecular weight is 466 g/mol. The van der Waals surface area contributed by atoms with Crippen LogP contribution in [0.1, 0.15) is 71.8 Å². The second-order valence-corrected chi connectivity index (χ2v) is 8.27. The van der Waals surface area contributed by atoms with Gasteiger partial charge in [0, 0.05) is 20.8 Å². The van der Waals surface area contributed by atoms with Gasteiger partial charge in [0.25, 0.3) is 0 Å². The number of amides is 1. The van der Waals surface area contributed by atoms with Crippen LogP contribution in [0.2, 0.25) is 0 Å². The van der Waals surface area contributed by atoms with Gasteiger partial charge in [-0.3, -0.25) is 14.4 Å². The average Bonchev–Trinajstić information content (AvgIpc) is 2.77. The van der Waals surface area contributed by atoms with Crippen molar-refractivity contribution in [3.05, 3.63) is 23.8 Å². The predicted molar refractivity (Wildman–Crippen MR) is 125 cm³/mol. The molecule has 1 N–H and O–H groups in total. The molecule has 1 rings (SSSR count). The molecule has 0 saturated heterocycles. The van der Waals surface area contributed by atoms with Crippen molar-refractivity contribution in [2.45, 2.75) is 78.2 Å². The van der Waals surface area contributed by atoms with Gasteiger partial charge in [0.1, 0.15) is 18.8 Å². The number of unbranched alkanes of at least 4 members (excludes halogenated alkanes) is 4. The zero-order valence-electron chi connectivity index (χ0n) is 20.7. The molecule has 0 heterocycles. The lowest BCUT2D eigenvalue weighted by molar-refractivity contribution is -0.150. The SMILES string of the molecule is CCCCCCCOc1ccc(CCC(COC(C)=O)(COC(C)=O)NC(C)=O)cc1OC. The Morgan fingerprint density at radius 3 is 2.09 bits per heavy atom. The van der Waals surface area contributed by atoms with Crippen molar-refractivity contribution in [1.29, 1.82) is 0 Å². The van der Waals surface area contributed by atoms with E-state index in [1.165, 1.54) is 40.0 Å². The van der Waals surface area contributed by atoms with E-state index in [0.29, 0.717) is 30.9 Å². The van der Waals surface area contributed by atoms with Gasteiger partial charge < -0.3 is 24.3 Å². The Labute approximate surface area is 197 Å². The highest BCUT2D eigenvalue weighted by Crippen LogP contribution is 2.29. The maximum atomic E-state index is 11.9. The van der Waals surface area contributed by atoms with Gasteiger partial charge in [-0.2, -0.15) is 0 Å².